The van der Waals surface area contributed by atoms with Crippen molar-refractivity contribution in [1.82, 2.24) is 0 Å². The molecule has 0 aliphatic heterocycles. The first-order chi connectivity index (χ1) is 14.0. The van der Waals surface area contributed by atoms with Crippen LogP contribution in [-0.4, -0.2) is 27.1 Å². The highest BCUT2D eigenvalue weighted by Gasteiger charge is 2.25. The van der Waals surface area contributed by atoms with E-state index in [2.05, 4.69) is 11.4 Å². The summed E-state index contributed by atoms with van der Waals surface area (Å²) in [6, 6.07) is 14.2. The summed E-state index contributed by atoms with van der Waals surface area (Å²) >= 11 is 1.12. The number of nitrogen functional groups attached to an aromatic ring is 1. The van der Waals surface area contributed by atoms with E-state index in [1.807, 2.05) is 12.1 Å². The number of nitrogens with zero attached hydrogens (tertiary/aromatic N) is 1. The van der Waals surface area contributed by atoms with Crippen molar-refractivity contribution < 1.29 is 19.0 Å². The molecule has 148 valence electrons. The van der Waals surface area contributed by atoms with Gasteiger partial charge in [0.25, 0.3) is 0 Å². The second kappa shape index (κ2) is 8.54. The highest BCUT2D eigenvalue weighted by molar-refractivity contribution is 7.19. The van der Waals surface area contributed by atoms with Gasteiger partial charge in [-0.1, -0.05) is 0 Å². The first-order valence-electron chi connectivity index (χ1n) is 8.52. The SMILES string of the molecule is COc1ccc(Nc2sc(C(=O)c3cc(OC)ccc3OC)c(N)c2C#N)cc1. The average Bonchev–Trinajstić information content (AvgIpc) is 3.08. The number of thiophene rings is 1. The summed E-state index contributed by atoms with van der Waals surface area (Å²) in [6.45, 7) is 0. The zero-order chi connectivity index (χ0) is 21.0. The topological polar surface area (TPSA) is 107 Å². The van der Waals surface area contributed by atoms with Crippen molar-refractivity contribution in [3.8, 4) is 23.3 Å². The fourth-order valence-electron chi connectivity index (χ4n) is 2.73. The second-order valence-electron chi connectivity index (χ2n) is 5.91. The molecule has 7 nitrogen and oxygen atoms in total. The molecule has 0 aliphatic carbocycles. The van der Waals surface area contributed by atoms with E-state index in [1.165, 1.54) is 14.2 Å². The molecule has 2 aromatic carbocycles. The number of ketones is 1. The Morgan fingerprint density at radius 2 is 1.69 bits per heavy atom. The van der Waals surface area contributed by atoms with Crippen LogP contribution in [0.2, 0.25) is 0 Å². The molecule has 0 saturated carbocycles. The number of rotatable bonds is 7. The van der Waals surface area contributed by atoms with Gasteiger partial charge in [0.15, 0.2) is 0 Å². The highest BCUT2D eigenvalue weighted by Crippen LogP contribution is 2.39. The largest absolute Gasteiger partial charge is 0.497 e. The summed E-state index contributed by atoms with van der Waals surface area (Å²) in [6.07, 6.45) is 0. The van der Waals surface area contributed by atoms with E-state index in [-0.39, 0.29) is 21.9 Å². The molecule has 1 heterocycles. The summed E-state index contributed by atoms with van der Waals surface area (Å²) in [4.78, 5) is 13.4. The van der Waals surface area contributed by atoms with Gasteiger partial charge in [-0.15, -0.1) is 11.3 Å². The van der Waals surface area contributed by atoms with Gasteiger partial charge in [0.05, 0.1) is 32.6 Å². The predicted octanol–water partition coefficient (Wildman–Crippen LogP) is 4.20. The molecular weight excluding hydrogens is 390 g/mol. The minimum Gasteiger partial charge on any atom is -0.497 e. The van der Waals surface area contributed by atoms with Crippen molar-refractivity contribution in [2.75, 3.05) is 32.4 Å². The monoisotopic (exact) mass is 409 g/mol. The van der Waals surface area contributed by atoms with Crippen molar-refractivity contribution in [2.24, 2.45) is 0 Å². The maximum Gasteiger partial charge on any atom is 0.209 e. The number of carbonyl (C=O) groups is 1. The lowest BCUT2D eigenvalue weighted by molar-refractivity contribution is 0.104. The number of anilines is 3. The molecule has 1 aromatic heterocycles. The summed E-state index contributed by atoms with van der Waals surface area (Å²) in [7, 11) is 4.58. The minimum absolute atomic E-state index is 0.128. The van der Waals surface area contributed by atoms with E-state index >= 15 is 0 Å². The lowest BCUT2D eigenvalue weighted by atomic mass is 10.1. The molecule has 3 rings (SSSR count). The summed E-state index contributed by atoms with van der Waals surface area (Å²) in [5.74, 6) is 1.28. The summed E-state index contributed by atoms with van der Waals surface area (Å²) in [5.41, 5.74) is 7.54. The number of hydrogen-bond donors (Lipinski definition) is 2. The van der Waals surface area contributed by atoms with Gasteiger partial charge < -0.3 is 25.3 Å². The third-order valence-electron chi connectivity index (χ3n) is 4.26. The highest BCUT2D eigenvalue weighted by atomic mass is 32.1. The number of nitrogens with two attached hydrogens (primary N) is 1. The molecule has 0 bridgehead atoms. The van der Waals surface area contributed by atoms with E-state index < -0.39 is 0 Å². The number of ether oxygens (including phenoxy) is 3. The molecule has 0 aliphatic rings. The minimum atomic E-state index is -0.345. The lowest BCUT2D eigenvalue weighted by Crippen LogP contribution is -2.05. The van der Waals surface area contributed by atoms with Gasteiger partial charge in [-0.25, -0.2) is 0 Å². The van der Waals surface area contributed by atoms with Crippen LogP contribution in [0, 0.1) is 11.3 Å². The number of nitrogens with one attached hydrogen (secondary N) is 1. The number of methoxy groups -OCH3 is 3. The Labute approximate surface area is 172 Å². The molecule has 0 fully saturated rings. The quantitative estimate of drug-likeness (QED) is 0.563. The maximum atomic E-state index is 13.2. The summed E-state index contributed by atoms with van der Waals surface area (Å²) < 4.78 is 15.7. The van der Waals surface area contributed by atoms with Crippen LogP contribution in [0.4, 0.5) is 16.4 Å². The van der Waals surface area contributed by atoms with Gasteiger partial charge in [-0.3, -0.25) is 4.79 Å². The Morgan fingerprint density at radius 1 is 1.03 bits per heavy atom. The van der Waals surface area contributed by atoms with Crippen molar-refractivity contribution in [1.29, 1.82) is 5.26 Å². The zero-order valence-corrected chi connectivity index (χ0v) is 16.9. The van der Waals surface area contributed by atoms with Crippen LogP contribution >= 0.6 is 11.3 Å². The van der Waals surface area contributed by atoms with Crippen molar-refractivity contribution in [3.05, 3.63) is 58.5 Å². The Morgan fingerprint density at radius 3 is 2.28 bits per heavy atom. The first-order valence-corrected chi connectivity index (χ1v) is 9.34. The van der Waals surface area contributed by atoms with E-state index in [0.717, 1.165) is 17.0 Å². The van der Waals surface area contributed by atoms with Crippen LogP contribution in [0.5, 0.6) is 17.2 Å². The fourth-order valence-corrected chi connectivity index (χ4v) is 3.78. The third kappa shape index (κ3) is 3.95. The van der Waals surface area contributed by atoms with Gasteiger partial charge in [0.1, 0.15) is 38.8 Å². The van der Waals surface area contributed by atoms with Gasteiger partial charge in [-0.05, 0) is 42.5 Å². The number of hydrogen-bond acceptors (Lipinski definition) is 8. The Hall–Kier alpha value is -3.70. The molecule has 0 amide bonds. The molecule has 8 heteroatoms. The molecule has 29 heavy (non-hydrogen) atoms. The van der Waals surface area contributed by atoms with E-state index in [4.69, 9.17) is 19.9 Å². The first kappa shape index (κ1) is 20.0. The molecule has 3 N–H and O–H groups in total. The van der Waals surface area contributed by atoms with E-state index in [9.17, 15) is 10.1 Å². The summed E-state index contributed by atoms with van der Waals surface area (Å²) in [5, 5.41) is 13.2. The van der Waals surface area contributed by atoms with Gasteiger partial charge in [-0.2, -0.15) is 5.26 Å². The molecule has 0 unspecified atom stereocenters. The van der Waals surface area contributed by atoms with Crippen LogP contribution in [-0.2, 0) is 0 Å². The standard InChI is InChI=1S/C21H19N3O4S/c1-26-13-6-4-12(5-7-13)24-21-16(11-22)18(23)20(29-21)19(25)15-10-14(27-2)8-9-17(15)28-3/h4-10,24H,23H2,1-3H3. The van der Waals surface area contributed by atoms with Crippen LogP contribution in [0.25, 0.3) is 0 Å². The number of nitriles is 1. The Bertz CT molecular complexity index is 1080. The molecular formula is C21H19N3O4S. The number of carbonyl (C=O) groups excluding carboxylic acids is 1. The smallest absolute Gasteiger partial charge is 0.209 e. The third-order valence-corrected chi connectivity index (χ3v) is 5.38. The molecule has 0 saturated heterocycles. The van der Waals surface area contributed by atoms with Crippen LogP contribution < -0.4 is 25.3 Å². The number of benzene rings is 2. The predicted molar refractivity (Wildman–Crippen MR) is 113 cm³/mol. The van der Waals surface area contributed by atoms with Crippen molar-refractivity contribution >= 4 is 33.5 Å². The van der Waals surface area contributed by atoms with E-state index in [0.29, 0.717) is 27.8 Å². The van der Waals surface area contributed by atoms with Gasteiger partial charge >= 0.3 is 0 Å². The molecule has 0 atom stereocenters. The van der Waals surface area contributed by atoms with Crippen molar-refractivity contribution in [2.45, 2.75) is 0 Å². The molecule has 3 aromatic rings. The Balaban J connectivity index is 2.01. The van der Waals surface area contributed by atoms with Crippen LogP contribution in [0.1, 0.15) is 20.8 Å². The molecule has 0 spiro atoms. The zero-order valence-electron chi connectivity index (χ0n) is 16.1. The Kier molecular flexibility index (Phi) is 5.90. The van der Waals surface area contributed by atoms with Crippen LogP contribution in [0.3, 0.4) is 0 Å². The second-order valence-corrected chi connectivity index (χ2v) is 6.93. The van der Waals surface area contributed by atoms with Crippen molar-refractivity contribution in [3.63, 3.8) is 0 Å². The van der Waals surface area contributed by atoms with E-state index in [1.54, 1.807) is 37.4 Å². The lowest BCUT2D eigenvalue weighted by Gasteiger charge is -2.09. The van der Waals surface area contributed by atoms with Gasteiger partial charge in [0.2, 0.25) is 5.78 Å². The van der Waals surface area contributed by atoms with Gasteiger partial charge in [0, 0.05) is 5.69 Å². The maximum absolute atomic E-state index is 13.2. The molecule has 0 radical (unpaired) electrons. The fraction of sp³-hybridized carbons (Fsp3) is 0.143. The average molecular weight is 409 g/mol. The van der Waals surface area contributed by atoms with Crippen LogP contribution in [0.15, 0.2) is 42.5 Å². The normalized spacial score (nSPS) is 10.1.